The monoisotopic (exact) mass is 250 g/mol. The van der Waals surface area contributed by atoms with Crippen molar-refractivity contribution in [2.24, 2.45) is 5.73 Å². The van der Waals surface area contributed by atoms with E-state index < -0.39 is 23.5 Å². The van der Waals surface area contributed by atoms with E-state index in [9.17, 15) is 9.59 Å². The summed E-state index contributed by atoms with van der Waals surface area (Å²) in [6, 6.07) is 8.15. The van der Waals surface area contributed by atoms with E-state index in [4.69, 9.17) is 10.8 Å². The first-order valence-electron chi connectivity index (χ1n) is 5.67. The highest BCUT2D eigenvalue weighted by Gasteiger charge is 2.27. The van der Waals surface area contributed by atoms with E-state index in [1.807, 2.05) is 30.3 Å². The number of hydrogen-bond acceptors (Lipinski definition) is 3. The van der Waals surface area contributed by atoms with Gasteiger partial charge in [-0.05, 0) is 19.4 Å². The first kappa shape index (κ1) is 14.2. The van der Waals surface area contributed by atoms with Gasteiger partial charge >= 0.3 is 5.97 Å². The maximum atomic E-state index is 11.7. The summed E-state index contributed by atoms with van der Waals surface area (Å²) >= 11 is 0. The SMILES string of the molecule is CC(C)(N)C(=O)N[C@@H](Cc1ccccc1)C(=O)O. The number of carboxylic acid groups (broad SMARTS) is 1. The van der Waals surface area contributed by atoms with Crippen LogP contribution in [0.3, 0.4) is 0 Å². The smallest absolute Gasteiger partial charge is 0.326 e. The molecule has 1 amide bonds. The Kier molecular flexibility index (Phi) is 4.44. The second kappa shape index (κ2) is 5.64. The minimum Gasteiger partial charge on any atom is -0.480 e. The van der Waals surface area contributed by atoms with Crippen LogP contribution < -0.4 is 11.1 Å². The molecule has 0 aliphatic carbocycles. The number of benzene rings is 1. The topological polar surface area (TPSA) is 92.4 Å². The van der Waals surface area contributed by atoms with Crippen LogP contribution in [0, 0.1) is 0 Å². The van der Waals surface area contributed by atoms with Crippen molar-refractivity contribution in [3.63, 3.8) is 0 Å². The minimum absolute atomic E-state index is 0.234. The van der Waals surface area contributed by atoms with Crippen LogP contribution in [0.25, 0.3) is 0 Å². The fraction of sp³-hybridized carbons (Fsp3) is 0.385. The van der Waals surface area contributed by atoms with Crippen molar-refractivity contribution < 1.29 is 14.7 Å². The van der Waals surface area contributed by atoms with Gasteiger partial charge in [-0.15, -0.1) is 0 Å². The molecule has 0 fully saturated rings. The number of carbonyl (C=O) groups excluding carboxylic acids is 1. The van der Waals surface area contributed by atoms with E-state index in [0.717, 1.165) is 5.56 Å². The Balaban J connectivity index is 2.73. The molecular weight excluding hydrogens is 232 g/mol. The molecule has 0 saturated heterocycles. The van der Waals surface area contributed by atoms with Gasteiger partial charge in [0.15, 0.2) is 0 Å². The normalized spacial score (nSPS) is 12.8. The average molecular weight is 250 g/mol. The quantitative estimate of drug-likeness (QED) is 0.711. The number of aliphatic carboxylic acids is 1. The van der Waals surface area contributed by atoms with Crippen LogP contribution in [0.5, 0.6) is 0 Å². The molecule has 0 unspecified atom stereocenters. The summed E-state index contributed by atoms with van der Waals surface area (Å²) in [6.07, 6.45) is 0.234. The largest absolute Gasteiger partial charge is 0.480 e. The van der Waals surface area contributed by atoms with E-state index in [1.165, 1.54) is 13.8 Å². The molecule has 1 aromatic carbocycles. The summed E-state index contributed by atoms with van der Waals surface area (Å²) in [7, 11) is 0. The molecule has 0 aliphatic rings. The highest BCUT2D eigenvalue weighted by Crippen LogP contribution is 2.05. The third-order valence-electron chi connectivity index (χ3n) is 2.47. The Morgan fingerprint density at radius 2 is 1.89 bits per heavy atom. The van der Waals surface area contributed by atoms with Gasteiger partial charge in [-0.2, -0.15) is 0 Å². The Hall–Kier alpha value is -1.88. The van der Waals surface area contributed by atoms with Gasteiger partial charge in [0.05, 0.1) is 5.54 Å². The molecule has 5 heteroatoms. The molecule has 1 atom stereocenters. The lowest BCUT2D eigenvalue weighted by molar-refractivity contribution is -0.142. The molecule has 1 aromatic rings. The summed E-state index contributed by atoms with van der Waals surface area (Å²) in [5.74, 6) is -1.55. The van der Waals surface area contributed by atoms with Gasteiger partial charge in [0, 0.05) is 6.42 Å². The van der Waals surface area contributed by atoms with Gasteiger partial charge in [0.2, 0.25) is 5.91 Å². The molecule has 98 valence electrons. The zero-order valence-corrected chi connectivity index (χ0v) is 10.5. The Bertz CT molecular complexity index is 424. The number of nitrogens with one attached hydrogen (secondary N) is 1. The molecule has 0 saturated carbocycles. The first-order chi connectivity index (χ1) is 8.30. The van der Waals surface area contributed by atoms with Crippen molar-refractivity contribution in [3.05, 3.63) is 35.9 Å². The zero-order chi connectivity index (χ0) is 13.8. The predicted molar refractivity (Wildman–Crippen MR) is 68.0 cm³/mol. The van der Waals surface area contributed by atoms with Gasteiger partial charge in [-0.3, -0.25) is 4.79 Å². The van der Waals surface area contributed by atoms with Crippen molar-refractivity contribution in [2.75, 3.05) is 0 Å². The van der Waals surface area contributed by atoms with Crippen molar-refractivity contribution in [1.29, 1.82) is 0 Å². The molecule has 0 bridgehead atoms. The third-order valence-corrected chi connectivity index (χ3v) is 2.47. The van der Waals surface area contributed by atoms with Crippen LogP contribution in [-0.2, 0) is 16.0 Å². The van der Waals surface area contributed by atoms with E-state index in [0.29, 0.717) is 0 Å². The lowest BCUT2D eigenvalue weighted by Crippen LogP contribution is -2.54. The van der Waals surface area contributed by atoms with Gasteiger partial charge in [0.25, 0.3) is 0 Å². The van der Waals surface area contributed by atoms with Crippen LogP contribution in [0.15, 0.2) is 30.3 Å². The van der Waals surface area contributed by atoms with Crippen LogP contribution in [0.2, 0.25) is 0 Å². The summed E-state index contributed by atoms with van der Waals surface area (Å²) in [6.45, 7) is 3.06. The van der Waals surface area contributed by atoms with E-state index >= 15 is 0 Å². The number of carbonyl (C=O) groups is 2. The summed E-state index contributed by atoms with van der Waals surface area (Å²) in [4.78, 5) is 22.8. The molecule has 0 radical (unpaired) electrons. The zero-order valence-electron chi connectivity index (χ0n) is 10.5. The second-order valence-corrected chi connectivity index (χ2v) is 4.78. The Morgan fingerprint density at radius 3 is 2.33 bits per heavy atom. The van der Waals surface area contributed by atoms with Gasteiger partial charge in [0.1, 0.15) is 6.04 Å². The lowest BCUT2D eigenvalue weighted by Gasteiger charge is -2.21. The molecule has 0 aromatic heterocycles. The minimum atomic E-state index is -1.09. The summed E-state index contributed by atoms with van der Waals surface area (Å²) < 4.78 is 0. The fourth-order valence-corrected chi connectivity index (χ4v) is 1.39. The van der Waals surface area contributed by atoms with Crippen molar-refractivity contribution in [3.8, 4) is 0 Å². The second-order valence-electron chi connectivity index (χ2n) is 4.78. The Labute approximate surface area is 106 Å². The van der Waals surface area contributed by atoms with Crippen LogP contribution in [0.1, 0.15) is 19.4 Å². The standard InChI is InChI=1S/C13H18N2O3/c1-13(2,14)12(18)15-10(11(16)17)8-9-6-4-3-5-7-9/h3-7,10H,8,14H2,1-2H3,(H,15,18)(H,16,17)/t10-/m0/s1. The van der Waals surface area contributed by atoms with Gasteiger partial charge in [-0.25, -0.2) is 4.79 Å². The highest BCUT2D eigenvalue weighted by molar-refractivity contribution is 5.89. The lowest BCUT2D eigenvalue weighted by atomic mass is 10.0. The van der Waals surface area contributed by atoms with Crippen molar-refractivity contribution >= 4 is 11.9 Å². The first-order valence-corrected chi connectivity index (χ1v) is 5.67. The third kappa shape index (κ3) is 4.18. The molecule has 4 N–H and O–H groups in total. The number of rotatable bonds is 5. The molecular formula is C13H18N2O3. The predicted octanol–water partition coefficient (Wildman–Crippen LogP) is 0.536. The van der Waals surface area contributed by atoms with Crippen LogP contribution in [-0.4, -0.2) is 28.6 Å². The average Bonchev–Trinajstić information content (AvgIpc) is 2.28. The van der Waals surface area contributed by atoms with E-state index in [-0.39, 0.29) is 6.42 Å². The Morgan fingerprint density at radius 1 is 1.33 bits per heavy atom. The number of nitrogens with two attached hydrogens (primary N) is 1. The molecule has 18 heavy (non-hydrogen) atoms. The van der Waals surface area contributed by atoms with Crippen molar-refractivity contribution in [1.82, 2.24) is 5.32 Å². The fourth-order valence-electron chi connectivity index (χ4n) is 1.39. The molecule has 0 aliphatic heterocycles. The maximum Gasteiger partial charge on any atom is 0.326 e. The molecule has 5 nitrogen and oxygen atoms in total. The molecule has 0 spiro atoms. The number of hydrogen-bond donors (Lipinski definition) is 3. The maximum absolute atomic E-state index is 11.7. The van der Waals surface area contributed by atoms with E-state index in [2.05, 4.69) is 5.32 Å². The number of amides is 1. The van der Waals surface area contributed by atoms with Gasteiger partial charge < -0.3 is 16.2 Å². The van der Waals surface area contributed by atoms with E-state index in [1.54, 1.807) is 0 Å². The summed E-state index contributed by atoms with van der Waals surface area (Å²) in [5, 5.41) is 11.5. The summed E-state index contributed by atoms with van der Waals surface area (Å²) in [5.41, 5.74) is 5.37. The van der Waals surface area contributed by atoms with Crippen LogP contribution >= 0.6 is 0 Å². The number of carboxylic acids is 1. The highest BCUT2D eigenvalue weighted by atomic mass is 16.4. The van der Waals surface area contributed by atoms with Crippen molar-refractivity contribution in [2.45, 2.75) is 31.8 Å². The molecule has 0 heterocycles. The van der Waals surface area contributed by atoms with Gasteiger partial charge in [-0.1, -0.05) is 30.3 Å². The van der Waals surface area contributed by atoms with Crippen LogP contribution in [0.4, 0.5) is 0 Å². The molecule has 1 rings (SSSR count).